The van der Waals surface area contributed by atoms with Crippen molar-refractivity contribution in [1.29, 1.82) is 0 Å². The van der Waals surface area contributed by atoms with Crippen LogP contribution < -0.4 is 5.56 Å². The van der Waals surface area contributed by atoms with Crippen LogP contribution in [0, 0.1) is 0 Å². The number of aliphatic hydroxyl groups excluding tert-OH is 1. The van der Waals surface area contributed by atoms with Crippen molar-refractivity contribution in [2.75, 3.05) is 0 Å². The Morgan fingerprint density at radius 2 is 2.25 bits per heavy atom. The first-order chi connectivity index (χ1) is 7.66. The number of nitrogens with zero attached hydrogens (tertiary/aromatic N) is 2. The van der Waals surface area contributed by atoms with E-state index in [1.807, 2.05) is 0 Å². The fourth-order valence-corrected chi connectivity index (χ4v) is 2.08. The molecule has 1 aliphatic heterocycles. The number of benzene rings is 1. The average molecular weight is 218 g/mol. The molecule has 0 fully saturated rings. The molecule has 0 aliphatic carbocycles. The number of hydrogen-bond acceptors (Lipinski definition) is 4. The van der Waals surface area contributed by atoms with E-state index < -0.39 is 6.10 Å². The summed E-state index contributed by atoms with van der Waals surface area (Å²) < 4.78 is 1.46. The lowest BCUT2D eigenvalue weighted by Gasteiger charge is -2.06. The van der Waals surface area contributed by atoms with Gasteiger partial charge in [0.2, 0.25) is 0 Å². The van der Waals surface area contributed by atoms with Crippen LogP contribution >= 0.6 is 0 Å². The summed E-state index contributed by atoms with van der Waals surface area (Å²) in [6.45, 7) is 0.480. The Labute approximate surface area is 90.6 Å². The summed E-state index contributed by atoms with van der Waals surface area (Å²) in [5.41, 5.74) is 0.308. The summed E-state index contributed by atoms with van der Waals surface area (Å²) in [7, 11) is 0. The zero-order chi connectivity index (χ0) is 11.3. The van der Waals surface area contributed by atoms with Gasteiger partial charge >= 0.3 is 0 Å². The molecule has 82 valence electrons. The largest absolute Gasteiger partial charge is 0.508 e. The zero-order valence-corrected chi connectivity index (χ0v) is 8.42. The smallest absolute Gasteiger partial charge is 0.261 e. The van der Waals surface area contributed by atoms with E-state index in [0.717, 1.165) is 0 Å². The van der Waals surface area contributed by atoms with E-state index in [0.29, 0.717) is 29.7 Å². The van der Waals surface area contributed by atoms with Gasteiger partial charge in [-0.15, -0.1) is 0 Å². The fourth-order valence-electron chi connectivity index (χ4n) is 2.08. The molecule has 1 aromatic carbocycles. The summed E-state index contributed by atoms with van der Waals surface area (Å²) in [4.78, 5) is 16.3. The Balaban J connectivity index is 2.44. The molecular formula is C11H10N2O3. The monoisotopic (exact) mass is 218 g/mol. The van der Waals surface area contributed by atoms with E-state index in [4.69, 9.17) is 0 Å². The van der Waals surface area contributed by atoms with E-state index in [1.54, 1.807) is 6.07 Å². The van der Waals surface area contributed by atoms with Crippen molar-refractivity contribution in [3.63, 3.8) is 0 Å². The van der Waals surface area contributed by atoms with Crippen molar-refractivity contribution in [3.8, 4) is 5.75 Å². The minimum atomic E-state index is -0.661. The fraction of sp³-hybridized carbons (Fsp3) is 0.273. The van der Waals surface area contributed by atoms with E-state index in [-0.39, 0.29) is 11.3 Å². The molecule has 5 heteroatoms. The van der Waals surface area contributed by atoms with Crippen LogP contribution in [0.3, 0.4) is 0 Å². The quantitative estimate of drug-likeness (QED) is 0.676. The van der Waals surface area contributed by atoms with E-state index in [1.165, 1.54) is 16.7 Å². The van der Waals surface area contributed by atoms with Crippen molar-refractivity contribution >= 4 is 10.9 Å². The van der Waals surface area contributed by atoms with Crippen LogP contribution in [0.25, 0.3) is 10.9 Å². The Morgan fingerprint density at radius 1 is 1.44 bits per heavy atom. The molecule has 1 atom stereocenters. The van der Waals surface area contributed by atoms with Gasteiger partial charge in [-0.1, -0.05) is 0 Å². The predicted molar refractivity (Wildman–Crippen MR) is 57.2 cm³/mol. The van der Waals surface area contributed by atoms with Crippen molar-refractivity contribution in [1.82, 2.24) is 9.55 Å². The lowest BCUT2D eigenvalue weighted by atomic mass is 10.2. The second kappa shape index (κ2) is 3.05. The van der Waals surface area contributed by atoms with Gasteiger partial charge in [0.1, 0.15) is 17.7 Å². The highest BCUT2D eigenvalue weighted by atomic mass is 16.3. The molecule has 0 amide bonds. The molecule has 3 rings (SSSR count). The van der Waals surface area contributed by atoms with E-state index in [2.05, 4.69) is 4.98 Å². The van der Waals surface area contributed by atoms with Crippen LogP contribution in [-0.2, 0) is 6.54 Å². The van der Waals surface area contributed by atoms with Gasteiger partial charge in [-0.05, 0) is 24.6 Å². The predicted octanol–water partition coefficient (Wildman–Crippen LogP) is 0.539. The molecule has 1 aromatic heterocycles. The number of phenols is 1. The zero-order valence-electron chi connectivity index (χ0n) is 8.42. The van der Waals surface area contributed by atoms with Gasteiger partial charge in [0.05, 0.1) is 10.9 Å². The molecular weight excluding hydrogens is 208 g/mol. The maximum Gasteiger partial charge on any atom is 0.261 e. The molecule has 0 saturated carbocycles. The number of rotatable bonds is 0. The summed E-state index contributed by atoms with van der Waals surface area (Å²) in [5.74, 6) is 0.466. The molecule has 0 bridgehead atoms. The summed E-state index contributed by atoms with van der Waals surface area (Å²) >= 11 is 0. The van der Waals surface area contributed by atoms with E-state index in [9.17, 15) is 15.0 Å². The van der Waals surface area contributed by atoms with Gasteiger partial charge in [0.15, 0.2) is 0 Å². The van der Waals surface area contributed by atoms with Crippen LogP contribution in [0.4, 0.5) is 0 Å². The minimum absolute atomic E-state index is 0.0468. The first kappa shape index (κ1) is 9.35. The molecule has 0 spiro atoms. The number of hydrogen-bond donors (Lipinski definition) is 2. The van der Waals surface area contributed by atoms with Gasteiger partial charge in [-0.2, -0.15) is 0 Å². The van der Waals surface area contributed by atoms with Crippen molar-refractivity contribution < 1.29 is 10.2 Å². The van der Waals surface area contributed by atoms with Gasteiger partial charge in [-0.25, -0.2) is 4.98 Å². The highest BCUT2D eigenvalue weighted by molar-refractivity contribution is 5.79. The third kappa shape index (κ3) is 1.15. The Morgan fingerprint density at radius 3 is 3.06 bits per heavy atom. The number of aliphatic hydroxyl groups is 1. The number of phenolic OH excluding ortho intramolecular Hbond substituents is 1. The average Bonchev–Trinajstić information content (AvgIpc) is 2.63. The van der Waals surface area contributed by atoms with Gasteiger partial charge < -0.3 is 10.2 Å². The van der Waals surface area contributed by atoms with Crippen LogP contribution in [0.5, 0.6) is 5.75 Å². The number of fused-ring (bicyclic) bond motifs is 2. The molecule has 2 N–H and O–H groups in total. The SMILES string of the molecule is O=c1c2cc(O)ccc2nc2n1CC[C@@H]2O. The summed E-state index contributed by atoms with van der Waals surface area (Å²) in [6, 6.07) is 4.47. The van der Waals surface area contributed by atoms with Crippen molar-refractivity contribution in [2.24, 2.45) is 0 Å². The van der Waals surface area contributed by atoms with Crippen LogP contribution in [0.1, 0.15) is 18.3 Å². The molecule has 0 radical (unpaired) electrons. The molecule has 5 nitrogen and oxygen atoms in total. The minimum Gasteiger partial charge on any atom is -0.508 e. The van der Waals surface area contributed by atoms with E-state index >= 15 is 0 Å². The van der Waals surface area contributed by atoms with Gasteiger partial charge in [0.25, 0.3) is 5.56 Å². The molecule has 16 heavy (non-hydrogen) atoms. The Hall–Kier alpha value is -1.88. The summed E-state index contributed by atoms with van der Waals surface area (Å²) in [5, 5.41) is 19.4. The van der Waals surface area contributed by atoms with Crippen molar-refractivity contribution in [3.05, 3.63) is 34.4 Å². The Bertz CT molecular complexity index is 633. The highest BCUT2D eigenvalue weighted by Gasteiger charge is 2.24. The number of aromatic hydroxyl groups is 1. The topological polar surface area (TPSA) is 75.3 Å². The van der Waals surface area contributed by atoms with Crippen LogP contribution in [0.2, 0.25) is 0 Å². The molecule has 2 heterocycles. The van der Waals surface area contributed by atoms with Gasteiger partial charge in [-0.3, -0.25) is 9.36 Å². The lowest BCUT2D eigenvalue weighted by molar-refractivity contribution is 0.176. The maximum absolute atomic E-state index is 12.0. The standard InChI is InChI=1S/C11H10N2O3/c14-6-1-2-8-7(5-6)11(16)13-4-3-9(15)10(13)12-8/h1-2,5,9,14-15H,3-4H2/t9-/m0/s1. The molecule has 1 aliphatic rings. The molecule has 0 saturated heterocycles. The van der Waals surface area contributed by atoms with Crippen LogP contribution in [-0.4, -0.2) is 19.8 Å². The highest BCUT2D eigenvalue weighted by Crippen LogP contribution is 2.24. The summed E-state index contributed by atoms with van der Waals surface area (Å²) in [6.07, 6.45) is -0.143. The molecule has 2 aromatic rings. The maximum atomic E-state index is 12.0. The normalized spacial score (nSPS) is 18.9. The first-order valence-corrected chi connectivity index (χ1v) is 5.08. The van der Waals surface area contributed by atoms with Crippen LogP contribution in [0.15, 0.2) is 23.0 Å². The second-order valence-electron chi connectivity index (χ2n) is 3.93. The second-order valence-corrected chi connectivity index (χ2v) is 3.93. The third-order valence-electron chi connectivity index (χ3n) is 2.89. The third-order valence-corrected chi connectivity index (χ3v) is 2.89. The first-order valence-electron chi connectivity index (χ1n) is 5.08. The Kier molecular flexibility index (Phi) is 1.79. The van der Waals surface area contributed by atoms with Gasteiger partial charge in [0, 0.05) is 6.54 Å². The lowest BCUT2D eigenvalue weighted by Crippen LogP contribution is -2.21. The molecule has 0 unspecified atom stereocenters. The van der Waals surface area contributed by atoms with Crippen molar-refractivity contribution in [2.45, 2.75) is 19.1 Å². The number of aromatic nitrogens is 2.